The van der Waals surface area contributed by atoms with Gasteiger partial charge in [0.2, 0.25) is 0 Å². The van der Waals surface area contributed by atoms with E-state index in [9.17, 15) is 20.1 Å². The van der Waals surface area contributed by atoms with E-state index in [0.717, 1.165) is 6.42 Å². The van der Waals surface area contributed by atoms with Gasteiger partial charge in [0.1, 0.15) is 11.7 Å². The zero-order valence-electron chi connectivity index (χ0n) is 12.1. The van der Waals surface area contributed by atoms with Crippen LogP contribution in [-0.2, 0) is 4.79 Å². The summed E-state index contributed by atoms with van der Waals surface area (Å²) in [6, 6.07) is 0. The molecule has 0 heterocycles. The number of carbonyl (C=O) groups is 1. The molecule has 108 valence electrons. The van der Waals surface area contributed by atoms with E-state index in [1.165, 1.54) is 0 Å². The van der Waals surface area contributed by atoms with E-state index >= 15 is 0 Å². The summed E-state index contributed by atoms with van der Waals surface area (Å²) in [5, 5.41) is 31.8. The average Bonchev–Trinajstić information content (AvgIpc) is 2.45. The van der Waals surface area contributed by atoms with Gasteiger partial charge in [0.25, 0.3) is 0 Å². The van der Waals surface area contributed by atoms with Gasteiger partial charge >= 0.3 is 0 Å². The Morgan fingerprint density at radius 2 is 1.79 bits per heavy atom. The molecule has 3 aliphatic rings. The highest BCUT2D eigenvalue weighted by atomic mass is 16.4. The predicted octanol–water partition coefficient (Wildman–Crippen LogP) is 0.730. The molecule has 3 N–H and O–H groups in total. The van der Waals surface area contributed by atoms with Crippen LogP contribution in [0.15, 0.2) is 0 Å². The second-order valence-corrected chi connectivity index (χ2v) is 7.81. The summed E-state index contributed by atoms with van der Waals surface area (Å²) in [6.45, 7) is 7.73. The first-order valence-corrected chi connectivity index (χ1v) is 7.21. The predicted molar refractivity (Wildman–Crippen MR) is 69.2 cm³/mol. The average molecular weight is 268 g/mol. The van der Waals surface area contributed by atoms with Gasteiger partial charge in [-0.15, -0.1) is 0 Å². The van der Waals surface area contributed by atoms with Crippen molar-refractivity contribution in [1.82, 2.24) is 0 Å². The second kappa shape index (κ2) is 3.41. The molecule has 0 aliphatic heterocycles. The molecule has 4 nitrogen and oxygen atoms in total. The van der Waals surface area contributed by atoms with Gasteiger partial charge in [-0.2, -0.15) is 0 Å². The second-order valence-electron chi connectivity index (χ2n) is 7.81. The summed E-state index contributed by atoms with van der Waals surface area (Å²) in [4.78, 5) is 12.5. The maximum Gasteiger partial charge on any atom is 0.170 e. The summed E-state index contributed by atoms with van der Waals surface area (Å²) >= 11 is 0. The topological polar surface area (TPSA) is 77.8 Å². The monoisotopic (exact) mass is 268 g/mol. The highest BCUT2D eigenvalue weighted by molar-refractivity contribution is 5.92. The molecular weight excluding hydrogens is 244 g/mol. The van der Waals surface area contributed by atoms with Crippen molar-refractivity contribution >= 4 is 5.78 Å². The SMILES string of the molecule is CC1CC(O)C(=O)C2(C)C3CC(C)(C)C3C(O)C12O. The van der Waals surface area contributed by atoms with Crippen LogP contribution in [0.4, 0.5) is 0 Å². The third-order valence-electron chi connectivity index (χ3n) is 6.59. The molecule has 3 rings (SSSR count). The number of aliphatic hydroxyl groups excluding tert-OH is 2. The number of ketones is 1. The fourth-order valence-corrected chi connectivity index (χ4v) is 5.45. The molecule has 0 aromatic carbocycles. The quantitative estimate of drug-likeness (QED) is 0.605. The maximum absolute atomic E-state index is 12.5. The van der Waals surface area contributed by atoms with Crippen molar-refractivity contribution in [3.63, 3.8) is 0 Å². The number of fused-ring (bicyclic) bond motifs is 3. The van der Waals surface area contributed by atoms with Crippen LogP contribution in [0, 0.1) is 28.6 Å². The largest absolute Gasteiger partial charge is 0.390 e. The summed E-state index contributed by atoms with van der Waals surface area (Å²) in [6.07, 6.45) is -0.826. The minimum atomic E-state index is -1.40. The molecule has 0 spiro atoms. The molecule has 0 radical (unpaired) electrons. The van der Waals surface area contributed by atoms with Crippen LogP contribution in [0.25, 0.3) is 0 Å². The Balaban J connectivity index is 2.14. The fraction of sp³-hybridized carbons (Fsp3) is 0.933. The van der Waals surface area contributed by atoms with Gasteiger partial charge < -0.3 is 15.3 Å². The molecule has 4 heteroatoms. The Kier molecular flexibility index (Phi) is 2.43. The van der Waals surface area contributed by atoms with Crippen LogP contribution < -0.4 is 0 Å². The van der Waals surface area contributed by atoms with E-state index in [-0.39, 0.29) is 35.4 Å². The van der Waals surface area contributed by atoms with Crippen molar-refractivity contribution in [3.05, 3.63) is 0 Å². The van der Waals surface area contributed by atoms with Crippen molar-refractivity contribution < 1.29 is 20.1 Å². The van der Waals surface area contributed by atoms with Crippen molar-refractivity contribution in [2.24, 2.45) is 28.6 Å². The standard InChI is InChI=1S/C15H24O4/c1-7-5-9(16)11(17)14(4)8-6-13(2,3)10(8)12(18)15(7,14)19/h7-10,12,16,18-19H,5-6H2,1-4H3. The van der Waals surface area contributed by atoms with Gasteiger partial charge in [0, 0.05) is 0 Å². The molecule has 7 atom stereocenters. The number of aliphatic hydroxyl groups is 3. The molecular formula is C15H24O4. The Morgan fingerprint density at radius 3 is 2.32 bits per heavy atom. The van der Waals surface area contributed by atoms with Crippen LogP contribution in [0.5, 0.6) is 0 Å². The Labute approximate surface area is 113 Å². The lowest BCUT2D eigenvalue weighted by molar-refractivity contribution is -0.197. The van der Waals surface area contributed by atoms with Gasteiger partial charge in [-0.1, -0.05) is 20.8 Å². The number of Topliss-reactive ketones (excluding diaryl/α,β-unsaturated/α-hetero) is 1. The van der Waals surface area contributed by atoms with Crippen molar-refractivity contribution in [3.8, 4) is 0 Å². The molecule has 0 aromatic rings. The maximum atomic E-state index is 12.5. The smallest absolute Gasteiger partial charge is 0.170 e. The molecule has 0 aromatic heterocycles. The summed E-state index contributed by atoms with van der Waals surface area (Å²) < 4.78 is 0. The van der Waals surface area contributed by atoms with E-state index in [2.05, 4.69) is 13.8 Å². The highest BCUT2D eigenvalue weighted by Gasteiger charge is 2.78. The van der Waals surface area contributed by atoms with E-state index in [1.54, 1.807) is 6.92 Å². The number of hydrogen-bond donors (Lipinski definition) is 3. The minimum Gasteiger partial charge on any atom is -0.390 e. The summed E-state index contributed by atoms with van der Waals surface area (Å²) in [5.74, 6) is -0.636. The fourth-order valence-electron chi connectivity index (χ4n) is 5.45. The Bertz CT molecular complexity index is 445. The summed E-state index contributed by atoms with van der Waals surface area (Å²) in [5.41, 5.74) is -2.46. The van der Waals surface area contributed by atoms with Crippen molar-refractivity contribution in [1.29, 1.82) is 0 Å². The van der Waals surface area contributed by atoms with E-state index < -0.39 is 23.2 Å². The molecule has 3 saturated carbocycles. The van der Waals surface area contributed by atoms with Crippen molar-refractivity contribution in [2.45, 2.75) is 58.3 Å². The van der Waals surface area contributed by atoms with Crippen LogP contribution in [-0.4, -0.2) is 38.9 Å². The van der Waals surface area contributed by atoms with Gasteiger partial charge in [0.05, 0.1) is 11.5 Å². The third-order valence-corrected chi connectivity index (χ3v) is 6.59. The molecule has 19 heavy (non-hydrogen) atoms. The number of hydrogen-bond acceptors (Lipinski definition) is 4. The van der Waals surface area contributed by atoms with E-state index in [4.69, 9.17) is 0 Å². The zero-order valence-corrected chi connectivity index (χ0v) is 12.1. The van der Waals surface area contributed by atoms with Gasteiger partial charge in [-0.3, -0.25) is 4.79 Å². The van der Waals surface area contributed by atoms with Gasteiger partial charge in [0.15, 0.2) is 5.78 Å². The molecule has 0 saturated heterocycles. The first kappa shape index (κ1) is 13.5. The Morgan fingerprint density at radius 1 is 1.21 bits per heavy atom. The van der Waals surface area contributed by atoms with Crippen LogP contribution in [0.1, 0.15) is 40.5 Å². The zero-order chi connectivity index (χ0) is 14.4. The highest BCUT2D eigenvalue weighted by Crippen LogP contribution is 2.71. The first-order chi connectivity index (χ1) is 8.58. The lowest BCUT2D eigenvalue weighted by atomic mass is 9.49. The molecule has 0 bridgehead atoms. The van der Waals surface area contributed by atoms with Crippen LogP contribution in [0.3, 0.4) is 0 Å². The number of carbonyl (C=O) groups excluding carboxylic acids is 1. The number of rotatable bonds is 0. The van der Waals surface area contributed by atoms with Gasteiger partial charge in [-0.25, -0.2) is 0 Å². The van der Waals surface area contributed by atoms with E-state index in [1.807, 2.05) is 6.92 Å². The summed E-state index contributed by atoms with van der Waals surface area (Å²) in [7, 11) is 0. The molecule has 7 unspecified atom stereocenters. The van der Waals surface area contributed by atoms with Crippen molar-refractivity contribution in [2.75, 3.05) is 0 Å². The molecule has 3 aliphatic carbocycles. The van der Waals surface area contributed by atoms with Crippen LogP contribution in [0.2, 0.25) is 0 Å². The lowest BCUT2D eigenvalue weighted by Gasteiger charge is -2.54. The van der Waals surface area contributed by atoms with Crippen LogP contribution >= 0.6 is 0 Å². The first-order valence-electron chi connectivity index (χ1n) is 7.21. The Hall–Kier alpha value is -0.450. The normalized spacial score (nSPS) is 59.3. The molecule has 3 fully saturated rings. The third kappa shape index (κ3) is 1.20. The lowest BCUT2D eigenvalue weighted by Crippen LogP contribution is -2.65. The van der Waals surface area contributed by atoms with Gasteiger partial charge in [-0.05, 0) is 42.9 Å². The minimum absolute atomic E-state index is 0.0209. The van der Waals surface area contributed by atoms with E-state index in [0.29, 0.717) is 0 Å². The molecule has 0 amide bonds.